The molecule has 36 heavy (non-hydrogen) atoms. The molecule has 0 aliphatic heterocycles. The number of rotatable bonds is 11. The van der Waals surface area contributed by atoms with Gasteiger partial charge in [-0.3, -0.25) is 9.10 Å². The van der Waals surface area contributed by atoms with Crippen molar-refractivity contribution in [3.05, 3.63) is 102 Å². The number of ether oxygens (including phenoxy) is 1. The summed E-state index contributed by atoms with van der Waals surface area (Å²) in [6, 6.07) is 20.9. The molecular formula is C28H31N3O4S. The van der Waals surface area contributed by atoms with Crippen molar-refractivity contribution >= 4 is 27.8 Å². The lowest BCUT2D eigenvalue weighted by molar-refractivity contribution is -0.119. The highest BCUT2D eigenvalue weighted by molar-refractivity contribution is 7.92. The van der Waals surface area contributed by atoms with Crippen LogP contribution in [-0.2, 0) is 14.8 Å². The van der Waals surface area contributed by atoms with Gasteiger partial charge < -0.3 is 4.74 Å². The van der Waals surface area contributed by atoms with Crippen molar-refractivity contribution in [3.63, 3.8) is 0 Å². The van der Waals surface area contributed by atoms with Gasteiger partial charge in [0, 0.05) is 0 Å². The Labute approximate surface area is 213 Å². The van der Waals surface area contributed by atoms with Gasteiger partial charge in [0.15, 0.2) is 0 Å². The van der Waals surface area contributed by atoms with E-state index in [1.54, 1.807) is 66.7 Å². The molecule has 0 saturated carbocycles. The summed E-state index contributed by atoms with van der Waals surface area (Å²) < 4.78 is 33.5. The number of hydrazone groups is 1. The molecule has 3 aromatic carbocycles. The Morgan fingerprint density at radius 2 is 1.67 bits per heavy atom. The number of sulfonamides is 1. The molecule has 0 bridgehead atoms. The van der Waals surface area contributed by atoms with Crippen molar-refractivity contribution in [1.29, 1.82) is 0 Å². The van der Waals surface area contributed by atoms with Gasteiger partial charge in [0.2, 0.25) is 0 Å². The molecule has 1 N–H and O–H groups in total. The van der Waals surface area contributed by atoms with Gasteiger partial charge >= 0.3 is 0 Å². The Kier molecular flexibility index (Phi) is 9.02. The first-order valence-electron chi connectivity index (χ1n) is 11.6. The van der Waals surface area contributed by atoms with Gasteiger partial charge in [-0.15, -0.1) is 0 Å². The first-order valence-corrected chi connectivity index (χ1v) is 13.0. The predicted molar refractivity (Wildman–Crippen MR) is 144 cm³/mol. The highest BCUT2D eigenvalue weighted by Crippen LogP contribution is 2.26. The zero-order valence-electron chi connectivity index (χ0n) is 20.7. The van der Waals surface area contributed by atoms with Gasteiger partial charge in [0.05, 0.1) is 16.8 Å². The molecule has 0 atom stereocenters. The lowest BCUT2D eigenvalue weighted by Crippen LogP contribution is -2.39. The molecule has 0 unspecified atom stereocenters. The Bertz CT molecular complexity index is 1300. The van der Waals surface area contributed by atoms with E-state index < -0.39 is 22.5 Å². The van der Waals surface area contributed by atoms with Gasteiger partial charge in [-0.1, -0.05) is 56.3 Å². The Morgan fingerprint density at radius 1 is 1.03 bits per heavy atom. The first-order chi connectivity index (χ1) is 17.2. The molecule has 0 aromatic heterocycles. The van der Waals surface area contributed by atoms with E-state index >= 15 is 0 Å². The summed E-state index contributed by atoms with van der Waals surface area (Å²) in [7, 11) is -3.99. The van der Waals surface area contributed by atoms with Gasteiger partial charge in [0.25, 0.3) is 15.9 Å². The molecule has 0 aliphatic rings. The van der Waals surface area contributed by atoms with Crippen molar-refractivity contribution in [1.82, 2.24) is 5.43 Å². The number of nitrogens with one attached hydrogen (secondary N) is 1. The fraction of sp³-hybridized carbons (Fsp3) is 0.214. The van der Waals surface area contributed by atoms with Crippen LogP contribution in [0.25, 0.3) is 0 Å². The predicted octanol–water partition coefficient (Wildman–Crippen LogP) is 5.03. The highest BCUT2D eigenvalue weighted by atomic mass is 32.2. The molecule has 0 saturated heterocycles. The molecule has 0 radical (unpaired) electrons. The second kappa shape index (κ2) is 12.2. The number of carbonyl (C=O) groups excluding carboxylic acids is 1. The normalized spacial score (nSPS) is 11.4. The summed E-state index contributed by atoms with van der Waals surface area (Å²) >= 11 is 0. The number of amides is 1. The van der Waals surface area contributed by atoms with Crippen LogP contribution in [-0.4, -0.2) is 33.7 Å². The topological polar surface area (TPSA) is 88.1 Å². The van der Waals surface area contributed by atoms with Crippen molar-refractivity contribution in [3.8, 4) is 5.75 Å². The Hall–Kier alpha value is -3.91. The quantitative estimate of drug-likeness (QED) is 0.225. The summed E-state index contributed by atoms with van der Waals surface area (Å²) in [5.74, 6) is 0.416. The third-order valence-corrected chi connectivity index (χ3v) is 7.18. The fourth-order valence-electron chi connectivity index (χ4n) is 3.33. The molecule has 8 heteroatoms. The Balaban J connectivity index is 1.78. The minimum atomic E-state index is -3.99. The average molecular weight is 506 g/mol. The van der Waals surface area contributed by atoms with Crippen LogP contribution in [0.2, 0.25) is 0 Å². The average Bonchev–Trinajstić information content (AvgIpc) is 2.87. The molecule has 7 nitrogen and oxygen atoms in total. The molecule has 0 heterocycles. The van der Waals surface area contributed by atoms with Crippen LogP contribution >= 0.6 is 0 Å². The van der Waals surface area contributed by atoms with Crippen LogP contribution in [0.3, 0.4) is 0 Å². The number of aryl methyl sites for hydroxylation is 1. The Morgan fingerprint density at radius 3 is 2.25 bits per heavy atom. The standard InChI is InChI=1S/C28H31N3O4S/c1-5-18-35-26-14-8-23(9-15-26)19-29-30-28(32)20-31(25-12-10-24(11-13-25)21(2)3)36(33,34)27-16-6-22(4)7-17-27/h5-17,19,21H,1,18,20H2,2-4H3,(H,30,32)/b29-19-. The summed E-state index contributed by atoms with van der Waals surface area (Å²) in [4.78, 5) is 12.8. The van der Waals surface area contributed by atoms with E-state index in [0.29, 0.717) is 24.0 Å². The van der Waals surface area contributed by atoms with Crippen LogP contribution in [0, 0.1) is 6.92 Å². The van der Waals surface area contributed by atoms with Crippen LogP contribution in [0.1, 0.15) is 36.5 Å². The number of nitrogens with zero attached hydrogens (tertiary/aromatic N) is 2. The molecular weight excluding hydrogens is 474 g/mol. The zero-order valence-corrected chi connectivity index (χ0v) is 21.5. The maximum absolute atomic E-state index is 13.5. The van der Waals surface area contributed by atoms with Gasteiger partial charge in [-0.25, -0.2) is 13.8 Å². The summed E-state index contributed by atoms with van der Waals surface area (Å²) in [6.07, 6.45) is 3.14. The third-order valence-electron chi connectivity index (χ3n) is 5.39. The SMILES string of the molecule is C=CCOc1ccc(/C=N\NC(=O)CN(c2ccc(C(C)C)cc2)S(=O)(=O)c2ccc(C)cc2)cc1. The van der Waals surface area contributed by atoms with Crippen molar-refractivity contribution in [2.24, 2.45) is 5.10 Å². The van der Waals surface area contributed by atoms with Crippen LogP contribution in [0.4, 0.5) is 5.69 Å². The third kappa shape index (κ3) is 7.05. The van der Waals surface area contributed by atoms with E-state index in [1.807, 2.05) is 19.1 Å². The van der Waals surface area contributed by atoms with E-state index in [4.69, 9.17) is 4.74 Å². The van der Waals surface area contributed by atoms with Crippen LogP contribution in [0.5, 0.6) is 5.75 Å². The number of carbonyl (C=O) groups is 1. The minimum Gasteiger partial charge on any atom is -0.490 e. The van der Waals surface area contributed by atoms with Gasteiger partial charge in [0.1, 0.15) is 18.9 Å². The summed E-state index contributed by atoms with van der Waals surface area (Å²) in [5.41, 5.74) is 5.57. The second-order valence-electron chi connectivity index (χ2n) is 8.53. The molecule has 1 amide bonds. The first kappa shape index (κ1) is 26.7. The smallest absolute Gasteiger partial charge is 0.264 e. The molecule has 0 spiro atoms. The van der Waals surface area contributed by atoms with Gasteiger partial charge in [-0.05, 0) is 72.5 Å². The number of benzene rings is 3. The number of hydrogen-bond acceptors (Lipinski definition) is 5. The van der Waals surface area contributed by atoms with Crippen molar-refractivity contribution in [2.75, 3.05) is 17.5 Å². The van der Waals surface area contributed by atoms with E-state index in [9.17, 15) is 13.2 Å². The summed E-state index contributed by atoms with van der Waals surface area (Å²) in [5, 5.41) is 3.98. The van der Waals surface area contributed by atoms with Crippen molar-refractivity contribution in [2.45, 2.75) is 31.6 Å². The molecule has 0 fully saturated rings. The molecule has 3 aromatic rings. The number of anilines is 1. The van der Waals surface area contributed by atoms with Crippen LogP contribution in [0.15, 0.2) is 95.4 Å². The summed E-state index contributed by atoms with van der Waals surface area (Å²) in [6.45, 7) is 9.59. The number of hydrogen-bond donors (Lipinski definition) is 1. The minimum absolute atomic E-state index is 0.108. The van der Waals surface area contributed by atoms with Crippen LogP contribution < -0.4 is 14.5 Å². The molecule has 188 valence electrons. The fourth-order valence-corrected chi connectivity index (χ4v) is 4.75. The molecule has 0 aliphatic carbocycles. The van der Waals surface area contributed by atoms with E-state index in [-0.39, 0.29) is 4.90 Å². The van der Waals surface area contributed by atoms with E-state index in [1.165, 1.54) is 6.21 Å². The van der Waals surface area contributed by atoms with E-state index in [2.05, 4.69) is 31.0 Å². The van der Waals surface area contributed by atoms with Gasteiger partial charge in [-0.2, -0.15) is 5.10 Å². The monoisotopic (exact) mass is 505 g/mol. The van der Waals surface area contributed by atoms with Crippen molar-refractivity contribution < 1.29 is 17.9 Å². The lowest BCUT2D eigenvalue weighted by atomic mass is 10.0. The maximum atomic E-state index is 13.5. The lowest BCUT2D eigenvalue weighted by Gasteiger charge is -2.24. The zero-order chi connectivity index (χ0) is 26.1. The maximum Gasteiger partial charge on any atom is 0.264 e. The van der Waals surface area contributed by atoms with E-state index in [0.717, 1.165) is 21.0 Å². The largest absolute Gasteiger partial charge is 0.490 e. The highest BCUT2D eigenvalue weighted by Gasteiger charge is 2.27. The molecule has 3 rings (SSSR count). The second-order valence-corrected chi connectivity index (χ2v) is 10.4.